The van der Waals surface area contributed by atoms with Crippen LogP contribution < -0.4 is 0 Å². The molecule has 9 nitrogen and oxygen atoms in total. The number of Topliss-reactive ketones (excluding diaryl/α,β-unsaturated/α-hetero) is 2. The van der Waals surface area contributed by atoms with Crippen LogP contribution >= 0.6 is 0 Å². The van der Waals surface area contributed by atoms with Crippen LogP contribution in [0, 0.1) is 23.2 Å². The third kappa shape index (κ3) is 7.24. The van der Waals surface area contributed by atoms with Gasteiger partial charge in [0.1, 0.15) is 5.69 Å². The summed E-state index contributed by atoms with van der Waals surface area (Å²) in [5.41, 5.74) is 4.29. The number of carbonyl (C=O) groups is 3. The Balaban J connectivity index is 0.947. The molecule has 45 heavy (non-hydrogen) atoms. The molecule has 2 aromatic carbocycles. The first-order chi connectivity index (χ1) is 22.0. The number of hydrogen-bond acceptors (Lipinski definition) is 7. The summed E-state index contributed by atoms with van der Waals surface area (Å²) < 4.78 is 1.75. The van der Waals surface area contributed by atoms with Crippen molar-refractivity contribution in [3.63, 3.8) is 0 Å². The molecule has 0 bridgehead atoms. The number of likely N-dealkylation sites (tertiary alicyclic amines) is 2. The molecule has 4 aromatic rings. The van der Waals surface area contributed by atoms with Gasteiger partial charge < -0.3 is 4.90 Å². The molecule has 0 spiro atoms. The molecule has 0 atom stereocenters. The van der Waals surface area contributed by atoms with E-state index < -0.39 is 0 Å². The Kier molecular flexibility index (Phi) is 9.22. The first-order valence-corrected chi connectivity index (χ1v) is 15.6. The van der Waals surface area contributed by atoms with Gasteiger partial charge in [-0.05, 0) is 105 Å². The lowest BCUT2D eigenvalue weighted by Gasteiger charge is -2.31. The van der Waals surface area contributed by atoms with Crippen molar-refractivity contribution in [2.45, 2.75) is 38.6 Å². The summed E-state index contributed by atoms with van der Waals surface area (Å²) in [6.07, 6.45) is 8.67. The highest BCUT2D eigenvalue weighted by molar-refractivity contribution is 5.99. The molecular formula is C36H36N6O3. The van der Waals surface area contributed by atoms with Crippen LogP contribution in [0.1, 0.15) is 74.4 Å². The van der Waals surface area contributed by atoms with E-state index in [1.807, 2.05) is 60.8 Å². The molecule has 2 aliphatic rings. The number of amides is 1. The van der Waals surface area contributed by atoms with Crippen LogP contribution in [0.15, 0.2) is 85.3 Å². The summed E-state index contributed by atoms with van der Waals surface area (Å²) in [7, 11) is 0. The molecule has 0 radical (unpaired) electrons. The number of pyridine rings is 1. The van der Waals surface area contributed by atoms with Crippen molar-refractivity contribution in [3.05, 3.63) is 113 Å². The number of nitriles is 1. The zero-order valence-electron chi connectivity index (χ0n) is 25.2. The van der Waals surface area contributed by atoms with Gasteiger partial charge in [0.05, 0.1) is 22.9 Å². The topological polar surface area (TPSA) is 112 Å². The Morgan fingerprint density at radius 2 is 1.56 bits per heavy atom. The van der Waals surface area contributed by atoms with Gasteiger partial charge in [0.25, 0.3) is 5.91 Å². The fourth-order valence-corrected chi connectivity index (χ4v) is 6.31. The molecule has 1 amide bonds. The van der Waals surface area contributed by atoms with Crippen molar-refractivity contribution >= 4 is 17.5 Å². The minimum Gasteiger partial charge on any atom is -0.339 e. The maximum atomic E-state index is 13.2. The number of aromatic nitrogens is 3. The Hall–Kier alpha value is -4.94. The van der Waals surface area contributed by atoms with E-state index in [9.17, 15) is 14.4 Å². The lowest BCUT2D eigenvalue weighted by Crippen LogP contribution is -2.40. The lowest BCUT2D eigenvalue weighted by molar-refractivity contribution is 0.0649. The van der Waals surface area contributed by atoms with E-state index in [1.165, 1.54) is 11.8 Å². The number of nitrogens with zero attached hydrogens (tertiary/aromatic N) is 6. The van der Waals surface area contributed by atoms with Gasteiger partial charge in [-0.25, -0.2) is 4.68 Å². The van der Waals surface area contributed by atoms with Crippen LogP contribution in [0.4, 0.5) is 0 Å². The zero-order chi connectivity index (χ0) is 31.2. The molecule has 0 saturated carbocycles. The van der Waals surface area contributed by atoms with Crippen molar-refractivity contribution in [1.29, 1.82) is 5.26 Å². The molecular weight excluding hydrogens is 564 g/mol. The molecule has 2 fully saturated rings. The normalized spacial score (nSPS) is 16.3. The first-order valence-electron chi connectivity index (χ1n) is 15.6. The van der Waals surface area contributed by atoms with Crippen LogP contribution in [-0.2, 0) is 6.54 Å². The molecule has 0 unspecified atom stereocenters. The van der Waals surface area contributed by atoms with Crippen LogP contribution in [0.2, 0.25) is 0 Å². The van der Waals surface area contributed by atoms with Crippen molar-refractivity contribution in [2.75, 3.05) is 26.2 Å². The lowest BCUT2D eigenvalue weighted by atomic mass is 9.88. The van der Waals surface area contributed by atoms with Gasteiger partial charge in [-0.3, -0.25) is 24.3 Å². The van der Waals surface area contributed by atoms with E-state index in [-0.39, 0.29) is 23.4 Å². The third-order valence-electron chi connectivity index (χ3n) is 9.04. The minimum atomic E-state index is -0.120. The van der Waals surface area contributed by atoms with Gasteiger partial charge in [-0.1, -0.05) is 12.1 Å². The Morgan fingerprint density at radius 3 is 2.18 bits per heavy atom. The predicted molar refractivity (Wildman–Crippen MR) is 169 cm³/mol. The quantitative estimate of drug-likeness (QED) is 0.238. The predicted octanol–water partition coefficient (Wildman–Crippen LogP) is 5.36. The van der Waals surface area contributed by atoms with Crippen molar-refractivity contribution in [2.24, 2.45) is 11.8 Å². The largest absolute Gasteiger partial charge is 0.339 e. The van der Waals surface area contributed by atoms with Crippen LogP contribution in [0.5, 0.6) is 0 Å². The molecule has 4 heterocycles. The number of piperidine rings is 2. The fraction of sp³-hybridized carbons (Fsp3) is 0.333. The summed E-state index contributed by atoms with van der Waals surface area (Å²) in [5.74, 6) is 0.194. The molecule has 6 rings (SSSR count). The van der Waals surface area contributed by atoms with Gasteiger partial charge in [0, 0.05) is 56.1 Å². The first kappa shape index (κ1) is 30.1. The number of benzene rings is 2. The average molecular weight is 601 g/mol. The van der Waals surface area contributed by atoms with Crippen molar-refractivity contribution in [1.82, 2.24) is 24.6 Å². The van der Waals surface area contributed by atoms with Gasteiger partial charge in [0.2, 0.25) is 0 Å². The van der Waals surface area contributed by atoms with Crippen LogP contribution in [0.3, 0.4) is 0 Å². The van der Waals surface area contributed by atoms with Crippen LogP contribution in [-0.4, -0.2) is 68.2 Å². The second-order valence-corrected chi connectivity index (χ2v) is 12.0. The fourth-order valence-electron chi connectivity index (χ4n) is 6.31. The average Bonchev–Trinajstić information content (AvgIpc) is 3.64. The number of rotatable bonds is 9. The monoisotopic (exact) mass is 600 g/mol. The van der Waals surface area contributed by atoms with Gasteiger partial charge in [0.15, 0.2) is 11.6 Å². The van der Waals surface area contributed by atoms with E-state index in [1.54, 1.807) is 27.9 Å². The molecule has 2 aromatic heterocycles. The molecule has 2 saturated heterocycles. The summed E-state index contributed by atoms with van der Waals surface area (Å²) in [6, 6.07) is 22.5. The van der Waals surface area contributed by atoms with Gasteiger partial charge in [-0.15, -0.1) is 0 Å². The van der Waals surface area contributed by atoms with E-state index in [0.717, 1.165) is 38.2 Å². The standard InChI is InChI=1S/C36H36N6O3/c37-23-27-2-4-28(5-3-27)25-40-18-12-26(13-19-40)22-34(43)33-11-8-31(24-38-33)36(45)41-20-14-30(15-21-41)35(44)29-6-9-32(10-7-29)42-17-1-16-39-42/h1-11,16-17,24,26,30H,12-15,18-22,25H2. The second kappa shape index (κ2) is 13.8. The Labute approximate surface area is 263 Å². The number of ketones is 2. The highest BCUT2D eigenvalue weighted by Gasteiger charge is 2.29. The maximum Gasteiger partial charge on any atom is 0.255 e. The Morgan fingerprint density at radius 1 is 0.844 bits per heavy atom. The van der Waals surface area contributed by atoms with E-state index in [2.05, 4.69) is 21.1 Å². The van der Waals surface area contributed by atoms with Gasteiger partial charge in [-0.2, -0.15) is 10.4 Å². The number of hydrogen-bond donors (Lipinski definition) is 0. The highest BCUT2D eigenvalue weighted by atomic mass is 16.2. The molecule has 0 N–H and O–H groups in total. The Bertz CT molecular complexity index is 1660. The molecule has 228 valence electrons. The molecule has 0 aliphatic carbocycles. The van der Waals surface area contributed by atoms with Crippen molar-refractivity contribution < 1.29 is 14.4 Å². The van der Waals surface area contributed by atoms with E-state index in [4.69, 9.17) is 5.26 Å². The molecule has 9 heteroatoms. The van der Waals surface area contributed by atoms with Crippen LogP contribution in [0.25, 0.3) is 5.69 Å². The highest BCUT2D eigenvalue weighted by Crippen LogP contribution is 2.25. The minimum absolute atomic E-state index is 0.0107. The SMILES string of the molecule is N#Cc1ccc(CN2CCC(CC(=O)c3ccc(C(=O)N4CCC(C(=O)c5ccc(-n6cccn6)cc5)CC4)cn3)CC2)cc1. The zero-order valence-corrected chi connectivity index (χ0v) is 25.2. The van der Waals surface area contributed by atoms with E-state index >= 15 is 0 Å². The summed E-state index contributed by atoms with van der Waals surface area (Å²) in [5, 5.41) is 13.2. The summed E-state index contributed by atoms with van der Waals surface area (Å²) in [6.45, 7) is 3.72. The maximum absolute atomic E-state index is 13.2. The van der Waals surface area contributed by atoms with Crippen molar-refractivity contribution in [3.8, 4) is 11.8 Å². The smallest absolute Gasteiger partial charge is 0.255 e. The summed E-state index contributed by atoms with van der Waals surface area (Å²) >= 11 is 0. The molecule has 2 aliphatic heterocycles. The second-order valence-electron chi connectivity index (χ2n) is 12.0. The third-order valence-corrected chi connectivity index (χ3v) is 9.04. The summed E-state index contributed by atoms with van der Waals surface area (Å²) in [4.78, 5) is 47.8. The number of carbonyl (C=O) groups excluding carboxylic acids is 3. The van der Waals surface area contributed by atoms with E-state index in [0.29, 0.717) is 60.7 Å². The van der Waals surface area contributed by atoms with Gasteiger partial charge >= 0.3 is 0 Å².